The molecule has 2 N–H and O–H groups in total. The Morgan fingerprint density at radius 1 is 1.62 bits per heavy atom. The van der Waals surface area contributed by atoms with Gasteiger partial charge in [-0.1, -0.05) is 18.5 Å². The molecule has 1 atom stereocenters. The molecule has 1 aliphatic heterocycles. The molecule has 0 radical (unpaired) electrons. The molecule has 2 rings (SSSR count). The molecule has 1 unspecified atom stereocenters. The van der Waals surface area contributed by atoms with Crippen molar-refractivity contribution in [3.05, 3.63) is 17.5 Å². The van der Waals surface area contributed by atoms with E-state index in [9.17, 15) is 0 Å². The lowest BCUT2D eigenvalue weighted by Gasteiger charge is -2.13. The third-order valence-corrected chi connectivity index (χ3v) is 3.26. The zero-order chi connectivity index (χ0) is 11.4. The minimum absolute atomic E-state index is 0.460. The van der Waals surface area contributed by atoms with Crippen LogP contribution in [0.2, 0.25) is 0 Å². The van der Waals surface area contributed by atoms with Crippen LogP contribution in [-0.4, -0.2) is 23.1 Å². The molecule has 0 spiro atoms. The summed E-state index contributed by atoms with van der Waals surface area (Å²) in [5, 5.41) is 3.91. The van der Waals surface area contributed by atoms with Gasteiger partial charge in [-0.05, 0) is 25.3 Å². The molecular formula is C12H21N3O. The van der Waals surface area contributed by atoms with Crippen LogP contribution in [0.3, 0.4) is 0 Å². The maximum atomic E-state index is 5.50. The van der Waals surface area contributed by atoms with Gasteiger partial charge >= 0.3 is 0 Å². The van der Waals surface area contributed by atoms with Crippen molar-refractivity contribution in [2.75, 3.05) is 13.1 Å². The summed E-state index contributed by atoms with van der Waals surface area (Å²) in [6.45, 7) is 5.98. The molecule has 0 aromatic carbocycles. The van der Waals surface area contributed by atoms with Gasteiger partial charge in [-0.15, -0.1) is 0 Å². The molecule has 0 amide bonds. The summed E-state index contributed by atoms with van der Waals surface area (Å²) in [4.78, 5) is 2.45. The minimum atomic E-state index is 0.460. The van der Waals surface area contributed by atoms with Crippen LogP contribution in [0.25, 0.3) is 0 Å². The van der Waals surface area contributed by atoms with E-state index >= 15 is 0 Å². The second kappa shape index (κ2) is 5.46. The molecule has 1 aromatic rings. The molecular weight excluding hydrogens is 202 g/mol. The topological polar surface area (TPSA) is 55.3 Å². The van der Waals surface area contributed by atoms with E-state index in [0.717, 1.165) is 23.9 Å². The molecule has 0 saturated carbocycles. The highest BCUT2D eigenvalue weighted by Gasteiger charge is 2.22. The third-order valence-electron chi connectivity index (χ3n) is 3.26. The average molecular weight is 223 g/mol. The highest BCUT2D eigenvalue weighted by molar-refractivity contribution is 5.05. The van der Waals surface area contributed by atoms with Crippen LogP contribution in [0.1, 0.15) is 37.6 Å². The van der Waals surface area contributed by atoms with Crippen LogP contribution in [0.15, 0.2) is 10.6 Å². The number of nitrogens with two attached hydrogens (primary N) is 1. The van der Waals surface area contributed by atoms with E-state index in [4.69, 9.17) is 10.3 Å². The first kappa shape index (κ1) is 11.6. The maximum absolute atomic E-state index is 5.50. The number of hydrogen-bond donors (Lipinski definition) is 1. The van der Waals surface area contributed by atoms with E-state index in [1.165, 1.54) is 32.4 Å². The van der Waals surface area contributed by atoms with Crippen LogP contribution < -0.4 is 5.73 Å². The average Bonchev–Trinajstić information content (AvgIpc) is 2.89. The predicted molar refractivity (Wildman–Crippen MR) is 62.7 cm³/mol. The standard InChI is InChI=1S/C12H21N3O/c1-2-3-10-4-5-15(8-10)9-12-6-11(7-13)14-16-12/h6,10H,2-5,7-9,13H2,1H3. The Labute approximate surface area is 96.8 Å². The number of likely N-dealkylation sites (tertiary alicyclic amines) is 1. The van der Waals surface area contributed by atoms with Crippen molar-refractivity contribution < 1.29 is 4.52 Å². The van der Waals surface area contributed by atoms with Crippen molar-refractivity contribution >= 4 is 0 Å². The lowest BCUT2D eigenvalue weighted by atomic mass is 10.0. The molecule has 1 saturated heterocycles. The zero-order valence-corrected chi connectivity index (χ0v) is 9.98. The zero-order valence-electron chi connectivity index (χ0n) is 9.98. The lowest BCUT2D eigenvalue weighted by molar-refractivity contribution is 0.263. The van der Waals surface area contributed by atoms with Crippen LogP contribution >= 0.6 is 0 Å². The van der Waals surface area contributed by atoms with Gasteiger partial charge in [0.25, 0.3) is 0 Å². The van der Waals surface area contributed by atoms with Gasteiger partial charge in [-0.3, -0.25) is 4.90 Å². The highest BCUT2D eigenvalue weighted by atomic mass is 16.5. The molecule has 0 aliphatic carbocycles. The second-order valence-corrected chi connectivity index (χ2v) is 4.67. The maximum Gasteiger partial charge on any atom is 0.151 e. The van der Waals surface area contributed by atoms with E-state index in [-0.39, 0.29) is 0 Å². The smallest absolute Gasteiger partial charge is 0.151 e. The predicted octanol–water partition coefficient (Wildman–Crippen LogP) is 1.76. The Morgan fingerprint density at radius 2 is 2.50 bits per heavy atom. The molecule has 16 heavy (non-hydrogen) atoms. The summed E-state index contributed by atoms with van der Waals surface area (Å²) >= 11 is 0. The highest BCUT2D eigenvalue weighted by Crippen LogP contribution is 2.22. The van der Waals surface area contributed by atoms with Crippen LogP contribution in [0.4, 0.5) is 0 Å². The van der Waals surface area contributed by atoms with Gasteiger partial charge in [0.2, 0.25) is 0 Å². The first-order valence-electron chi connectivity index (χ1n) is 6.18. The number of rotatable bonds is 5. The number of aromatic nitrogens is 1. The van der Waals surface area contributed by atoms with Gasteiger partial charge in [-0.2, -0.15) is 0 Å². The van der Waals surface area contributed by atoms with Crippen LogP contribution in [0, 0.1) is 5.92 Å². The van der Waals surface area contributed by atoms with E-state index < -0.39 is 0 Å². The Hall–Kier alpha value is -0.870. The normalized spacial score (nSPS) is 21.8. The molecule has 0 bridgehead atoms. The molecule has 1 aromatic heterocycles. The molecule has 2 heterocycles. The first-order valence-corrected chi connectivity index (χ1v) is 6.18. The SMILES string of the molecule is CCCC1CCN(Cc2cc(CN)no2)C1. The minimum Gasteiger partial charge on any atom is -0.360 e. The summed E-state index contributed by atoms with van der Waals surface area (Å²) in [5.74, 6) is 1.82. The van der Waals surface area contributed by atoms with Gasteiger partial charge in [0, 0.05) is 19.2 Å². The van der Waals surface area contributed by atoms with Crippen molar-refractivity contribution in [1.29, 1.82) is 0 Å². The van der Waals surface area contributed by atoms with Crippen molar-refractivity contribution in [2.45, 2.75) is 39.3 Å². The van der Waals surface area contributed by atoms with Crippen LogP contribution in [0.5, 0.6) is 0 Å². The van der Waals surface area contributed by atoms with Crippen molar-refractivity contribution in [3.8, 4) is 0 Å². The van der Waals surface area contributed by atoms with Gasteiger partial charge in [0.15, 0.2) is 5.76 Å². The van der Waals surface area contributed by atoms with Gasteiger partial charge in [-0.25, -0.2) is 0 Å². The molecule has 4 nitrogen and oxygen atoms in total. The van der Waals surface area contributed by atoms with E-state index in [2.05, 4.69) is 17.0 Å². The van der Waals surface area contributed by atoms with Crippen LogP contribution in [-0.2, 0) is 13.1 Å². The Kier molecular flexibility index (Phi) is 3.96. The molecule has 90 valence electrons. The summed E-state index contributed by atoms with van der Waals surface area (Å²) in [5.41, 5.74) is 6.34. The fourth-order valence-electron chi connectivity index (χ4n) is 2.45. The largest absolute Gasteiger partial charge is 0.360 e. The monoisotopic (exact) mass is 223 g/mol. The fourth-order valence-corrected chi connectivity index (χ4v) is 2.45. The lowest BCUT2D eigenvalue weighted by Crippen LogP contribution is -2.19. The van der Waals surface area contributed by atoms with E-state index in [1.54, 1.807) is 0 Å². The van der Waals surface area contributed by atoms with Gasteiger partial charge < -0.3 is 10.3 Å². The first-order chi connectivity index (χ1) is 7.81. The van der Waals surface area contributed by atoms with Gasteiger partial charge in [0.05, 0.1) is 12.2 Å². The Morgan fingerprint density at radius 3 is 3.19 bits per heavy atom. The molecule has 4 heteroatoms. The third kappa shape index (κ3) is 2.83. The van der Waals surface area contributed by atoms with Crippen molar-refractivity contribution in [3.63, 3.8) is 0 Å². The molecule has 1 aliphatic rings. The summed E-state index contributed by atoms with van der Waals surface area (Å²) in [6, 6.07) is 1.97. The molecule has 1 fully saturated rings. The summed E-state index contributed by atoms with van der Waals surface area (Å²) < 4.78 is 5.24. The van der Waals surface area contributed by atoms with Gasteiger partial charge in [0.1, 0.15) is 0 Å². The summed E-state index contributed by atoms with van der Waals surface area (Å²) in [6.07, 6.45) is 3.96. The Bertz CT molecular complexity index is 324. The number of hydrogen-bond acceptors (Lipinski definition) is 4. The summed E-state index contributed by atoms with van der Waals surface area (Å²) in [7, 11) is 0. The van der Waals surface area contributed by atoms with E-state index in [0.29, 0.717) is 6.54 Å². The Balaban J connectivity index is 1.82. The van der Waals surface area contributed by atoms with Crippen molar-refractivity contribution in [1.82, 2.24) is 10.1 Å². The second-order valence-electron chi connectivity index (χ2n) is 4.67. The fraction of sp³-hybridized carbons (Fsp3) is 0.750. The quantitative estimate of drug-likeness (QED) is 0.826. The van der Waals surface area contributed by atoms with E-state index in [1.807, 2.05) is 6.07 Å². The van der Waals surface area contributed by atoms with Crippen molar-refractivity contribution in [2.24, 2.45) is 11.7 Å². The number of nitrogens with zero attached hydrogens (tertiary/aromatic N) is 2.